The minimum Gasteiger partial charge on any atom is -0.356 e. The van der Waals surface area contributed by atoms with Crippen LogP contribution >= 0.6 is 0 Å². The molecule has 0 heterocycles. The first-order valence-electron chi connectivity index (χ1n) is 25.2. The van der Waals surface area contributed by atoms with Gasteiger partial charge in [-0.3, -0.25) is 19.2 Å². The van der Waals surface area contributed by atoms with E-state index in [2.05, 4.69) is 35.1 Å². The van der Waals surface area contributed by atoms with Gasteiger partial charge in [-0.15, -0.1) is 0 Å². The van der Waals surface area contributed by atoms with E-state index < -0.39 is 6.04 Å². The van der Waals surface area contributed by atoms with E-state index in [0.717, 1.165) is 43.2 Å². The minimum atomic E-state index is -0.813. The molecule has 0 saturated heterocycles. The molecule has 8 nitrogen and oxygen atoms in total. The van der Waals surface area contributed by atoms with Gasteiger partial charge < -0.3 is 21.3 Å². The number of hydrogen-bond donors (Lipinski definition) is 4. The van der Waals surface area contributed by atoms with E-state index in [9.17, 15) is 19.2 Å². The van der Waals surface area contributed by atoms with Gasteiger partial charge in [-0.05, 0) is 42.5 Å². The number of rotatable bonds is 40. The van der Waals surface area contributed by atoms with Crippen LogP contribution in [0.2, 0.25) is 0 Å². The molecule has 1 unspecified atom stereocenters. The van der Waals surface area contributed by atoms with Crippen LogP contribution < -0.4 is 21.3 Å². The van der Waals surface area contributed by atoms with Crippen molar-refractivity contribution in [2.24, 2.45) is 0 Å². The van der Waals surface area contributed by atoms with Gasteiger partial charge in [-0.25, -0.2) is 0 Å². The molecule has 0 aromatic heterocycles. The molecule has 4 N–H and O–H groups in total. The van der Waals surface area contributed by atoms with Crippen LogP contribution in [-0.2, 0) is 14.4 Å². The molecule has 2 aromatic carbocycles. The van der Waals surface area contributed by atoms with Gasteiger partial charge in [0.05, 0.1) is 0 Å². The summed E-state index contributed by atoms with van der Waals surface area (Å²) in [7, 11) is 0. The fourth-order valence-corrected chi connectivity index (χ4v) is 7.94. The van der Waals surface area contributed by atoms with E-state index >= 15 is 0 Å². The molecule has 0 aliphatic heterocycles. The van der Waals surface area contributed by atoms with E-state index in [1.165, 1.54) is 148 Å². The molecule has 2 aromatic rings. The van der Waals surface area contributed by atoms with E-state index in [0.29, 0.717) is 18.7 Å². The van der Waals surface area contributed by atoms with Crippen molar-refractivity contribution in [3.05, 3.63) is 60.2 Å². The molecule has 0 saturated carbocycles. The SMILES string of the molecule is CCCCCCCCCCCCCCCCNC(=O)CCC(NC(=O)CCNC(=O)c1ccc(-c2ccccc2)cc1)C(=O)NCCCCCCCCCCCCCCCC. The van der Waals surface area contributed by atoms with Crippen LogP contribution in [0.15, 0.2) is 54.6 Å². The largest absolute Gasteiger partial charge is 0.356 e. The van der Waals surface area contributed by atoms with Crippen LogP contribution in [0.5, 0.6) is 0 Å². The maximum atomic E-state index is 13.3. The summed E-state index contributed by atoms with van der Waals surface area (Å²) in [4.78, 5) is 51.9. The third-order valence-electron chi connectivity index (χ3n) is 11.9. The Labute approximate surface area is 372 Å². The molecule has 344 valence electrons. The molecule has 8 heteroatoms. The van der Waals surface area contributed by atoms with Crippen molar-refractivity contribution >= 4 is 23.6 Å². The summed E-state index contributed by atoms with van der Waals surface area (Å²) in [5, 5.41) is 11.7. The molecule has 0 aliphatic carbocycles. The third-order valence-corrected chi connectivity index (χ3v) is 11.9. The van der Waals surface area contributed by atoms with Crippen molar-refractivity contribution in [1.29, 1.82) is 0 Å². The van der Waals surface area contributed by atoms with Crippen LogP contribution in [0.3, 0.4) is 0 Å². The molecule has 2 rings (SSSR count). The number of carbonyl (C=O) groups is 4. The Morgan fingerprint density at radius 2 is 0.820 bits per heavy atom. The molecule has 0 aliphatic rings. The molecule has 0 bridgehead atoms. The fraction of sp³-hybridized carbons (Fsp3) is 0.698. The molecular formula is C53H88N4O4. The molecule has 4 amide bonds. The smallest absolute Gasteiger partial charge is 0.251 e. The summed E-state index contributed by atoms with van der Waals surface area (Å²) in [5.41, 5.74) is 2.61. The van der Waals surface area contributed by atoms with Gasteiger partial charge in [0.1, 0.15) is 6.04 Å². The lowest BCUT2D eigenvalue weighted by Crippen LogP contribution is -2.48. The number of nitrogens with one attached hydrogen (secondary N) is 4. The predicted molar refractivity (Wildman–Crippen MR) is 257 cm³/mol. The maximum Gasteiger partial charge on any atom is 0.251 e. The topological polar surface area (TPSA) is 116 Å². The molecule has 61 heavy (non-hydrogen) atoms. The Kier molecular flexibility index (Phi) is 33.3. The maximum absolute atomic E-state index is 13.3. The Morgan fingerprint density at radius 3 is 1.28 bits per heavy atom. The normalized spacial score (nSPS) is 11.6. The van der Waals surface area contributed by atoms with Gasteiger partial charge in [-0.2, -0.15) is 0 Å². The van der Waals surface area contributed by atoms with Gasteiger partial charge >= 0.3 is 0 Å². The van der Waals surface area contributed by atoms with Gasteiger partial charge in [0.2, 0.25) is 17.7 Å². The zero-order valence-electron chi connectivity index (χ0n) is 38.9. The summed E-state index contributed by atoms with van der Waals surface area (Å²) in [5.74, 6) is -0.950. The molecule has 1 atom stereocenters. The second kappa shape index (κ2) is 38.0. The monoisotopic (exact) mass is 845 g/mol. The van der Waals surface area contributed by atoms with Crippen molar-refractivity contribution in [3.8, 4) is 11.1 Å². The molecule has 0 spiro atoms. The number of unbranched alkanes of at least 4 members (excludes halogenated alkanes) is 26. The summed E-state index contributed by atoms with van der Waals surface area (Å²) in [6.45, 7) is 5.85. The van der Waals surface area contributed by atoms with Crippen molar-refractivity contribution in [2.75, 3.05) is 19.6 Å². The summed E-state index contributed by atoms with van der Waals surface area (Å²) >= 11 is 0. The lowest BCUT2D eigenvalue weighted by Gasteiger charge is -2.19. The van der Waals surface area contributed by atoms with Gasteiger partial charge in [0.25, 0.3) is 5.91 Å². The van der Waals surface area contributed by atoms with Crippen molar-refractivity contribution < 1.29 is 19.2 Å². The average Bonchev–Trinajstić information content (AvgIpc) is 3.28. The van der Waals surface area contributed by atoms with E-state index in [-0.39, 0.29) is 49.4 Å². The van der Waals surface area contributed by atoms with Crippen molar-refractivity contribution in [2.45, 2.75) is 219 Å². The highest BCUT2D eigenvalue weighted by Gasteiger charge is 2.22. The van der Waals surface area contributed by atoms with E-state index in [1.54, 1.807) is 12.1 Å². The first-order chi connectivity index (χ1) is 29.9. The number of benzene rings is 2. The first kappa shape index (κ1) is 53.5. The second-order valence-corrected chi connectivity index (χ2v) is 17.4. The average molecular weight is 845 g/mol. The Hall–Kier alpha value is -3.68. The van der Waals surface area contributed by atoms with Crippen LogP contribution in [0.1, 0.15) is 223 Å². The predicted octanol–water partition coefficient (Wildman–Crippen LogP) is 12.9. The van der Waals surface area contributed by atoms with Crippen LogP contribution in [0.4, 0.5) is 0 Å². The highest BCUT2D eigenvalue weighted by atomic mass is 16.2. The third kappa shape index (κ3) is 29.3. The highest BCUT2D eigenvalue weighted by Crippen LogP contribution is 2.19. The first-order valence-corrected chi connectivity index (χ1v) is 25.2. The number of amides is 4. The number of hydrogen-bond acceptors (Lipinski definition) is 4. The standard InChI is InChI=1S/C53H88N4O4/c1-3-5-7-9-11-13-15-17-19-21-23-25-27-32-43-54-50(58)41-40-49(53(61)55-44-33-28-26-24-22-20-18-16-14-12-10-8-6-4-2)57-51(59)42-45-56-52(60)48-38-36-47(37-39-48)46-34-30-29-31-35-46/h29-31,34-39,49H,3-28,32-33,40-45H2,1-2H3,(H,54,58)(H,55,61)(H,56,60)(H,57,59). The summed E-state index contributed by atoms with van der Waals surface area (Å²) in [6.07, 6.45) is 36.3. The van der Waals surface area contributed by atoms with Crippen LogP contribution in [0.25, 0.3) is 11.1 Å². The summed E-state index contributed by atoms with van der Waals surface area (Å²) in [6, 6.07) is 16.5. The van der Waals surface area contributed by atoms with Gasteiger partial charge in [-0.1, -0.05) is 223 Å². The van der Waals surface area contributed by atoms with Crippen molar-refractivity contribution in [1.82, 2.24) is 21.3 Å². The Morgan fingerprint density at radius 1 is 0.410 bits per heavy atom. The zero-order chi connectivity index (χ0) is 43.9. The van der Waals surface area contributed by atoms with Crippen LogP contribution in [-0.4, -0.2) is 49.3 Å². The lowest BCUT2D eigenvalue weighted by atomic mass is 10.0. The molecule has 0 fully saturated rings. The Bertz CT molecular complexity index is 1380. The highest BCUT2D eigenvalue weighted by molar-refractivity contribution is 5.95. The van der Waals surface area contributed by atoms with E-state index in [4.69, 9.17) is 0 Å². The van der Waals surface area contributed by atoms with Crippen LogP contribution in [0, 0.1) is 0 Å². The second-order valence-electron chi connectivity index (χ2n) is 17.4. The molecule has 0 radical (unpaired) electrons. The minimum absolute atomic E-state index is 0.0297. The van der Waals surface area contributed by atoms with Crippen molar-refractivity contribution in [3.63, 3.8) is 0 Å². The quantitative estimate of drug-likeness (QED) is 0.0500. The Balaban J connectivity index is 1.67. The zero-order valence-corrected chi connectivity index (χ0v) is 38.9. The molecular weight excluding hydrogens is 757 g/mol. The van der Waals surface area contributed by atoms with Gasteiger partial charge in [0, 0.05) is 38.0 Å². The number of carbonyl (C=O) groups excluding carboxylic acids is 4. The van der Waals surface area contributed by atoms with Gasteiger partial charge in [0.15, 0.2) is 0 Å². The van der Waals surface area contributed by atoms with E-state index in [1.807, 2.05) is 42.5 Å². The summed E-state index contributed by atoms with van der Waals surface area (Å²) < 4.78 is 0. The fourth-order valence-electron chi connectivity index (χ4n) is 7.94. The lowest BCUT2D eigenvalue weighted by molar-refractivity contribution is -0.129.